The summed E-state index contributed by atoms with van der Waals surface area (Å²) in [6, 6.07) is 11.9. The molecule has 4 nitrogen and oxygen atoms in total. The van der Waals surface area contributed by atoms with Gasteiger partial charge in [0, 0.05) is 0 Å². The molecule has 0 bridgehead atoms. The highest BCUT2D eigenvalue weighted by atomic mass is 16.5. The lowest BCUT2D eigenvalue weighted by atomic mass is 9.97. The minimum Gasteiger partial charge on any atom is -0.478 e. The first kappa shape index (κ1) is 14.8. The van der Waals surface area contributed by atoms with Crippen molar-refractivity contribution in [2.45, 2.75) is 13.8 Å². The summed E-state index contributed by atoms with van der Waals surface area (Å²) in [5.41, 5.74) is 3.40. The number of aryl methyl sites for hydroxylation is 1. The molecular weight excluding hydrogens is 268 g/mol. The van der Waals surface area contributed by atoms with Gasteiger partial charge in [-0.15, -0.1) is 0 Å². The molecule has 0 aliphatic heterocycles. The van der Waals surface area contributed by atoms with E-state index in [1.54, 1.807) is 49.4 Å². The van der Waals surface area contributed by atoms with Gasteiger partial charge in [-0.05, 0) is 54.8 Å². The maximum absolute atomic E-state index is 11.6. The molecule has 0 fully saturated rings. The lowest BCUT2D eigenvalue weighted by molar-refractivity contribution is 0.0526. The number of esters is 1. The van der Waals surface area contributed by atoms with Gasteiger partial charge in [-0.3, -0.25) is 0 Å². The van der Waals surface area contributed by atoms with Crippen LogP contribution in [0.15, 0.2) is 42.5 Å². The molecule has 2 aromatic carbocycles. The monoisotopic (exact) mass is 284 g/mol. The van der Waals surface area contributed by atoms with Crippen molar-refractivity contribution in [3.8, 4) is 11.1 Å². The Kier molecular flexibility index (Phi) is 4.38. The van der Waals surface area contributed by atoms with Crippen molar-refractivity contribution >= 4 is 11.9 Å². The van der Waals surface area contributed by atoms with E-state index in [9.17, 15) is 9.59 Å². The van der Waals surface area contributed by atoms with Gasteiger partial charge >= 0.3 is 11.9 Å². The van der Waals surface area contributed by atoms with Crippen molar-refractivity contribution in [1.82, 2.24) is 0 Å². The summed E-state index contributed by atoms with van der Waals surface area (Å²) in [4.78, 5) is 22.7. The molecule has 0 saturated heterocycles. The third-order valence-electron chi connectivity index (χ3n) is 3.19. The van der Waals surface area contributed by atoms with Crippen LogP contribution >= 0.6 is 0 Å². The molecule has 0 radical (unpaired) electrons. The predicted octanol–water partition coefficient (Wildman–Crippen LogP) is 3.54. The lowest BCUT2D eigenvalue weighted by Gasteiger charge is -2.08. The molecule has 108 valence electrons. The Bertz CT molecular complexity index is 672. The number of carboxylic acids is 1. The van der Waals surface area contributed by atoms with Gasteiger partial charge in [0.15, 0.2) is 0 Å². The summed E-state index contributed by atoms with van der Waals surface area (Å²) >= 11 is 0. The normalized spacial score (nSPS) is 10.2. The molecule has 0 aliphatic rings. The number of carbonyl (C=O) groups is 2. The molecule has 0 spiro atoms. The molecule has 0 aliphatic carbocycles. The summed E-state index contributed by atoms with van der Waals surface area (Å²) in [6.45, 7) is 4.01. The van der Waals surface area contributed by atoms with E-state index in [2.05, 4.69) is 0 Å². The van der Waals surface area contributed by atoms with Crippen LogP contribution in [-0.2, 0) is 4.74 Å². The Morgan fingerprint density at radius 3 is 2.24 bits per heavy atom. The Labute approximate surface area is 123 Å². The zero-order chi connectivity index (χ0) is 15.4. The van der Waals surface area contributed by atoms with Crippen LogP contribution in [0.1, 0.15) is 33.2 Å². The lowest BCUT2D eigenvalue weighted by Crippen LogP contribution is -2.04. The summed E-state index contributed by atoms with van der Waals surface area (Å²) in [5.74, 6) is -1.32. The Hall–Kier alpha value is -2.62. The Balaban J connectivity index is 2.36. The van der Waals surface area contributed by atoms with E-state index in [-0.39, 0.29) is 11.5 Å². The highest BCUT2D eigenvalue weighted by molar-refractivity contribution is 5.91. The standard InChI is InChI=1S/C17H16O4/c1-3-21-17(20)13-8-6-12(7-9-13)15-10-14(16(18)19)5-4-11(15)2/h4-10H,3H2,1-2H3,(H,18,19). The first-order chi connectivity index (χ1) is 10.0. The van der Waals surface area contributed by atoms with Crippen molar-refractivity contribution in [2.24, 2.45) is 0 Å². The van der Waals surface area contributed by atoms with Crippen molar-refractivity contribution in [2.75, 3.05) is 6.61 Å². The fraction of sp³-hybridized carbons (Fsp3) is 0.176. The van der Waals surface area contributed by atoms with E-state index < -0.39 is 5.97 Å². The van der Waals surface area contributed by atoms with Crippen LogP contribution in [0.2, 0.25) is 0 Å². The molecule has 0 aromatic heterocycles. The van der Waals surface area contributed by atoms with Crippen molar-refractivity contribution in [3.05, 3.63) is 59.2 Å². The van der Waals surface area contributed by atoms with E-state index >= 15 is 0 Å². The molecule has 4 heteroatoms. The zero-order valence-electron chi connectivity index (χ0n) is 11.9. The molecule has 2 rings (SSSR count). The molecular formula is C17H16O4. The zero-order valence-corrected chi connectivity index (χ0v) is 11.9. The first-order valence-corrected chi connectivity index (χ1v) is 6.64. The van der Waals surface area contributed by atoms with Crippen LogP contribution in [0, 0.1) is 6.92 Å². The third-order valence-corrected chi connectivity index (χ3v) is 3.19. The van der Waals surface area contributed by atoms with E-state index in [1.165, 1.54) is 0 Å². The quantitative estimate of drug-likeness (QED) is 0.872. The van der Waals surface area contributed by atoms with Crippen molar-refractivity contribution in [3.63, 3.8) is 0 Å². The molecule has 0 atom stereocenters. The highest BCUT2D eigenvalue weighted by Gasteiger charge is 2.10. The second-order valence-electron chi connectivity index (χ2n) is 4.63. The summed E-state index contributed by atoms with van der Waals surface area (Å²) in [5, 5.41) is 9.06. The van der Waals surface area contributed by atoms with Gasteiger partial charge in [-0.2, -0.15) is 0 Å². The molecule has 0 amide bonds. The maximum Gasteiger partial charge on any atom is 0.338 e. The van der Waals surface area contributed by atoms with Crippen LogP contribution in [0.25, 0.3) is 11.1 Å². The second-order valence-corrected chi connectivity index (χ2v) is 4.63. The number of rotatable bonds is 4. The highest BCUT2D eigenvalue weighted by Crippen LogP contribution is 2.25. The van der Waals surface area contributed by atoms with Crippen LogP contribution in [0.4, 0.5) is 0 Å². The van der Waals surface area contributed by atoms with Crippen LogP contribution < -0.4 is 0 Å². The van der Waals surface area contributed by atoms with Gasteiger partial charge in [-0.25, -0.2) is 9.59 Å². The van der Waals surface area contributed by atoms with Crippen LogP contribution in [-0.4, -0.2) is 23.7 Å². The summed E-state index contributed by atoms with van der Waals surface area (Å²) in [7, 11) is 0. The predicted molar refractivity (Wildman–Crippen MR) is 79.5 cm³/mol. The fourth-order valence-corrected chi connectivity index (χ4v) is 2.07. The van der Waals surface area contributed by atoms with Crippen LogP contribution in [0.5, 0.6) is 0 Å². The molecule has 0 unspecified atom stereocenters. The van der Waals surface area contributed by atoms with E-state index in [0.717, 1.165) is 16.7 Å². The van der Waals surface area contributed by atoms with E-state index in [4.69, 9.17) is 9.84 Å². The molecule has 0 saturated carbocycles. The first-order valence-electron chi connectivity index (χ1n) is 6.64. The number of aromatic carboxylic acids is 1. The van der Waals surface area contributed by atoms with Gasteiger partial charge in [0.2, 0.25) is 0 Å². The maximum atomic E-state index is 11.6. The number of carbonyl (C=O) groups excluding carboxylic acids is 1. The van der Waals surface area contributed by atoms with E-state index in [1.807, 2.05) is 6.92 Å². The minimum atomic E-state index is -0.959. The Morgan fingerprint density at radius 2 is 1.67 bits per heavy atom. The average Bonchev–Trinajstić information content (AvgIpc) is 2.48. The van der Waals surface area contributed by atoms with Gasteiger partial charge in [0.1, 0.15) is 0 Å². The van der Waals surface area contributed by atoms with Crippen LogP contribution in [0.3, 0.4) is 0 Å². The topological polar surface area (TPSA) is 63.6 Å². The summed E-state index contributed by atoms with van der Waals surface area (Å²) in [6.07, 6.45) is 0. The average molecular weight is 284 g/mol. The number of benzene rings is 2. The molecule has 1 N–H and O–H groups in total. The summed E-state index contributed by atoms with van der Waals surface area (Å²) < 4.78 is 4.93. The van der Waals surface area contributed by atoms with Gasteiger partial charge in [0.05, 0.1) is 17.7 Å². The van der Waals surface area contributed by atoms with Crippen molar-refractivity contribution in [1.29, 1.82) is 0 Å². The van der Waals surface area contributed by atoms with Gasteiger partial charge in [-0.1, -0.05) is 18.2 Å². The van der Waals surface area contributed by atoms with Gasteiger partial charge < -0.3 is 9.84 Å². The number of carboxylic acid groups (broad SMARTS) is 1. The third kappa shape index (κ3) is 3.28. The minimum absolute atomic E-state index is 0.241. The molecule has 2 aromatic rings. The largest absolute Gasteiger partial charge is 0.478 e. The fourth-order valence-electron chi connectivity index (χ4n) is 2.07. The van der Waals surface area contributed by atoms with Gasteiger partial charge in [0.25, 0.3) is 0 Å². The number of hydrogen-bond acceptors (Lipinski definition) is 3. The van der Waals surface area contributed by atoms with E-state index in [0.29, 0.717) is 12.2 Å². The van der Waals surface area contributed by atoms with Crippen molar-refractivity contribution < 1.29 is 19.4 Å². The molecule has 0 heterocycles. The molecule has 21 heavy (non-hydrogen) atoms. The SMILES string of the molecule is CCOC(=O)c1ccc(-c2cc(C(=O)O)ccc2C)cc1. The smallest absolute Gasteiger partial charge is 0.338 e. The Morgan fingerprint density at radius 1 is 1.05 bits per heavy atom. The second kappa shape index (κ2) is 6.22. The number of hydrogen-bond donors (Lipinski definition) is 1. The number of ether oxygens (including phenoxy) is 1.